The molecule has 0 bridgehead atoms. The van der Waals surface area contributed by atoms with E-state index >= 15 is 0 Å². The van der Waals surface area contributed by atoms with Crippen molar-refractivity contribution in [3.63, 3.8) is 0 Å². The summed E-state index contributed by atoms with van der Waals surface area (Å²) in [4.78, 5) is 17.5. The molecule has 0 saturated carbocycles. The van der Waals surface area contributed by atoms with Gasteiger partial charge in [0.1, 0.15) is 34.5 Å². The van der Waals surface area contributed by atoms with Gasteiger partial charge in [0, 0.05) is 72.0 Å². The van der Waals surface area contributed by atoms with Gasteiger partial charge in [-0.2, -0.15) is 0 Å². The fourth-order valence-electron chi connectivity index (χ4n) is 5.09. The van der Waals surface area contributed by atoms with Crippen LogP contribution >= 0.6 is 0 Å². The van der Waals surface area contributed by atoms with Crippen molar-refractivity contribution in [2.24, 2.45) is 0 Å². The monoisotopic (exact) mass is 617 g/mol. The van der Waals surface area contributed by atoms with Crippen LogP contribution in [0.2, 0.25) is 0 Å². The van der Waals surface area contributed by atoms with Crippen molar-refractivity contribution in [1.29, 1.82) is 0 Å². The molecule has 0 aliphatic carbocycles. The van der Waals surface area contributed by atoms with Crippen molar-refractivity contribution in [2.75, 3.05) is 0 Å². The lowest BCUT2D eigenvalue weighted by molar-refractivity contribution is 0.448. The number of aromatic nitrogens is 5. The highest BCUT2D eigenvalue weighted by Gasteiger charge is 2.16. The first-order valence-corrected chi connectivity index (χ1v) is 14.7. The zero-order valence-corrected chi connectivity index (χ0v) is 24.6. The van der Waals surface area contributed by atoms with Crippen molar-refractivity contribution in [3.05, 3.63) is 152 Å². The van der Waals surface area contributed by atoms with Gasteiger partial charge in [-0.25, -0.2) is 19.9 Å². The third-order valence-electron chi connectivity index (χ3n) is 7.07. The maximum Gasteiger partial charge on any atom is 0.234 e. The third kappa shape index (κ3) is 6.01. The molecule has 0 aliphatic rings. The van der Waals surface area contributed by atoms with Crippen LogP contribution in [0.15, 0.2) is 152 Å². The van der Waals surface area contributed by atoms with E-state index in [1.165, 1.54) is 0 Å². The minimum Gasteiger partial charge on any atom is -0.457 e. The maximum atomic E-state index is 9.06. The molecule has 9 nitrogen and oxygen atoms in total. The molecular formula is C38H25N5O4. The average molecular weight is 618 g/mol. The van der Waals surface area contributed by atoms with Crippen LogP contribution in [0.25, 0.3) is 27.8 Å². The molecule has 0 amide bonds. The quantitative estimate of drug-likeness (QED) is 0.158. The van der Waals surface area contributed by atoms with Crippen molar-refractivity contribution in [1.82, 2.24) is 24.5 Å². The highest BCUT2D eigenvalue weighted by molar-refractivity contribution is 6.09. The Kier molecular flexibility index (Phi) is 6.71. The van der Waals surface area contributed by atoms with Crippen molar-refractivity contribution < 1.29 is 21.7 Å². The van der Waals surface area contributed by atoms with Gasteiger partial charge in [-0.1, -0.05) is 24.3 Å². The van der Waals surface area contributed by atoms with Crippen molar-refractivity contribution in [3.8, 4) is 52.2 Å². The van der Waals surface area contributed by atoms with E-state index in [2.05, 4.69) is 19.9 Å². The molecule has 0 fully saturated rings. The van der Waals surface area contributed by atoms with Gasteiger partial charge in [0.25, 0.3) is 0 Å². The Labute approximate surface area is 272 Å². The van der Waals surface area contributed by atoms with Crippen molar-refractivity contribution in [2.45, 2.75) is 0 Å². The summed E-state index contributed by atoms with van der Waals surface area (Å²) in [6, 6.07) is 34.2. The lowest BCUT2D eigenvalue weighted by atomic mass is 10.1. The average Bonchev–Trinajstić information content (AvgIpc) is 3.45. The normalized spacial score (nSPS) is 11.6. The van der Waals surface area contributed by atoms with Gasteiger partial charge in [-0.15, -0.1) is 0 Å². The SMILES string of the molecule is [2H]c1cc(Oc2cccc(Oc3ccccn3)c2)cc2c1c1c([2H])cc(Oc3cccc(Oc4ccccn4)c3)cc1n2-c1ncccn1. The Morgan fingerprint density at radius 3 is 1.34 bits per heavy atom. The second-order valence-electron chi connectivity index (χ2n) is 10.3. The van der Waals surface area contributed by atoms with Crippen LogP contribution in [-0.2, 0) is 0 Å². The van der Waals surface area contributed by atoms with E-state index in [0.29, 0.717) is 74.0 Å². The molecule has 0 radical (unpaired) electrons. The number of rotatable bonds is 9. The summed E-state index contributed by atoms with van der Waals surface area (Å²) in [6.07, 6.45) is 6.60. The summed E-state index contributed by atoms with van der Waals surface area (Å²) < 4.78 is 44.2. The van der Waals surface area contributed by atoms with Gasteiger partial charge in [-0.05, 0) is 66.7 Å². The number of hydrogen-bond acceptors (Lipinski definition) is 8. The summed E-state index contributed by atoms with van der Waals surface area (Å²) in [5.41, 5.74) is 1.20. The van der Waals surface area contributed by atoms with Crippen LogP contribution in [0.1, 0.15) is 2.74 Å². The van der Waals surface area contributed by atoms with Gasteiger partial charge < -0.3 is 18.9 Å². The summed E-state index contributed by atoms with van der Waals surface area (Å²) in [6.45, 7) is 0. The Morgan fingerprint density at radius 2 is 0.872 bits per heavy atom. The molecule has 0 aliphatic heterocycles. The van der Waals surface area contributed by atoms with E-state index < -0.39 is 0 Å². The first kappa shape index (κ1) is 25.6. The molecule has 4 aromatic heterocycles. The summed E-state index contributed by atoms with van der Waals surface area (Å²) in [5.74, 6) is 4.25. The maximum absolute atomic E-state index is 9.06. The second kappa shape index (κ2) is 12.3. The topological polar surface area (TPSA) is 93.4 Å². The van der Waals surface area contributed by atoms with Crippen LogP contribution in [0, 0.1) is 0 Å². The Balaban J connectivity index is 1.18. The molecule has 0 spiro atoms. The molecule has 9 heteroatoms. The van der Waals surface area contributed by atoms with E-state index in [4.69, 9.17) is 21.7 Å². The smallest absolute Gasteiger partial charge is 0.234 e. The molecule has 0 atom stereocenters. The van der Waals surface area contributed by atoms with E-state index in [1.807, 2.05) is 65.2 Å². The number of ether oxygens (including phenoxy) is 4. The van der Waals surface area contributed by atoms with E-state index in [9.17, 15) is 0 Å². The fraction of sp³-hybridized carbons (Fsp3) is 0. The lowest BCUT2D eigenvalue weighted by Gasteiger charge is -2.10. The Hall–Kier alpha value is -6.74. The van der Waals surface area contributed by atoms with E-state index in [1.54, 1.807) is 79.4 Å². The van der Waals surface area contributed by atoms with E-state index in [-0.39, 0.29) is 12.1 Å². The minimum atomic E-state index is 0.176. The molecule has 8 rings (SSSR count). The molecule has 0 N–H and O–H groups in total. The molecule has 0 unspecified atom stereocenters. The van der Waals surface area contributed by atoms with Crippen LogP contribution < -0.4 is 18.9 Å². The summed E-state index contributed by atoms with van der Waals surface area (Å²) in [5, 5.41) is 1.12. The largest absolute Gasteiger partial charge is 0.457 e. The summed E-state index contributed by atoms with van der Waals surface area (Å²) >= 11 is 0. The lowest BCUT2D eigenvalue weighted by Crippen LogP contribution is -2.00. The third-order valence-corrected chi connectivity index (χ3v) is 7.07. The standard InChI is InChI=1S/C38H25N5O4/c1-3-18-39-36(12-1)46-28-10-5-8-26(22-28)44-30-14-16-32-33-17-15-31(25-35(33)43(34(32)24-30)38-41-20-7-21-42-38)45-27-9-6-11-29(23-27)47-37-13-2-4-19-40-37/h1-25H/i16D,17D. The number of hydrogen-bond donors (Lipinski definition) is 0. The van der Waals surface area contributed by atoms with Crippen LogP contribution in [0.3, 0.4) is 0 Å². The summed E-state index contributed by atoms with van der Waals surface area (Å²) in [7, 11) is 0. The van der Waals surface area contributed by atoms with Gasteiger partial charge >= 0.3 is 0 Å². The fourth-order valence-corrected chi connectivity index (χ4v) is 5.09. The van der Waals surface area contributed by atoms with Gasteiger partial charge in [0.15, 0.2) is 0 Å². The molecule has 8 aromatic rings. The van der Waals surface area contributed by atoms with Crippen LogP contribution in [-0.4, -0.2) is 24.5 Å². The van der Waals surface area contributed by atoms with Crippen LogP contribution in [0.4, 0.5) is 0 Å². The predicted octanol–water partition coefficient (Wildman–Crippen LogP) is 9.53. The first-order valence-electron chi connectivity index (χ1n) is 15.7. The zero-order chi connectivity index (χ0) is 33.2. The van der Waals surface area contributed by atoms with E-state index in [0.717, 1.165) is 0 Å². The predicted molar refractivity (Wildman–Crippen MR) is 178 cm³/mol. The molecule has 226 valence electrons. The highest BCUT2D eigenvalue weighted by Crippen LogP contribution is 2.38. The molecule has 4 aromatic carbocycles. The molecule has 47 heavy (non-hydrogen) atoms. The number of benzene rings is 4. The van der Waals surface area contributed by atoms with Crippen LogP contribution in [0.5, 0.6) is 46.3 Å². The van der Waals surface area contributed by atoms with Gasteiger partial charge in [-0.3, -0.25) is 4.57 Å². The molecule has 0 saturated heterocycles. The second-order valence-corrected chi connectivity index (χ2v) is 10.3. The Morgan fingerprint density at radius 1 is 0.426 bits per heavy atom. The number of fused-ring (bicyclic) bond motifs is 3. The minimum absolute atomic E-state index is 0.176. The Bertz CT molecular complexity index is 2280. The number of nitrogens with zero attached hydrogens (tertiary/aromatic N) is 5. The molecule has 4 heterocycles. The number of pyridine rings is 2. The highest BCUT2D eigenvalue weighted by atomic mass is 16.5. The van der Waals surface area contributed by atoms with Gasteiger partial charge in [0.2, 0.25) is 17.7 Å². The zero-order valence-electron chi connectivity index (χ0n) is 26.6. The first-order chi connectivity index (χ1) is 24.1. The van der Waals surface area contributed by atoms with Gasteiger partial charge in [0.05, 0.1) is 13.8 Å². The molecular weight excluding hydrogens is 590 g/mol. The van der Waals surface area contributed by atoms with Crippen molar-refractivity contribution >= 4 is 21.8 Å².